The maximum Gasteiger partial charge on any atom is 0.148 e. The summed E-state index contributed by atoms with van der Waals surface area (Å²) in [6.07, 6.45) is 10.3. The lowest BCUT2D eigenvalue weighted by Crippen LogP contribution is -2.18. The summed E-state index contributed by atoms with van der Waals surface area (Å²) in [6, 6.07) is 9.60. The van der Waals surface area contributed by atoms with E-state index in [1.165, 1.54) is 0 Å². The zero-order valence-corrected chi connectivity index (χ0v) is 16.6. The van der Waals surface area contributed by atoms with E-state index in [9.17, 15) is 0 Å². The lowest BCUT2D eigenvalue weighted by Gasteiger charge is -2.21. The van der Waals surface area contributed by atoms with Gasteiger partial charge in [-0.05, 0) is 49.1 Å². The molecule has 0 N–H and O–H groups in total. The predicted octanol–water partition coefficient (Wildman–Crippen LogP) is 4.50. The van der Waals surface area contributed by atoms with Crippen LogP contribution >= 0.6 is 11.6 Å². The highest BCUT2D eigenvalue weighted by atomic mass is 35.5. The van der Waals surface area contributed by atoms with Gasteiger partial charge in [-0.1, -0.05) is 11.6 Å². The Labute approximate surface area is 173 Å². The van der Waals surface area contributed by atoms with Gasteiger partial charge >= 0.3 is 0 Å². The van der Waals surface area contributed by atoms with E-state index in [4.69, 9.17) is 21.3 Å². The van der Waals surface area contributed by atoms with Crippen molar-refractivity contribution in [2.75, 3.05) is 13.2 Å². The van der Waals surface area contributed by atoms with E-state index in [1.807, 2.05) is 48.9 Å². The van der Waals surface area contributed by atoms with Crippen molar-refractivity contribution in [2.45, 2.75) is 19.3 Å². The van der Waals surface area contributed by atoms with Gasteiger partial charge in [0.15, 0.2) is 0 Å². The molecule has 0 aliphatic carbocycles. The Balaban J connectivity index is 1.52. The number of nitrogens with zero attached hydrogens (tertiary/aromatic N) is 5. The van der Waals surface area contributed by atoms with Gasteiger partial charge in [-0.2, -0.15) is 0 Å². The Morgan fingerprint density at radius 1 is 1.00 bits per heavy atom. The molecule has 1 aliphatic rings. The maximum atomic E-state index is 6.08. The largest absolute Gasteiger partial charge is 0.381 e. The second kappa shape index (κ2) is 7.89. The molecule has 146 valence electrons. The fourth-order valence-electron chi connectivity index (χ4n) is 3.75. The van der Waals surface area contributed by atoms with Crippen LogP contribution < -0.4 is 0 Å². The Bertz CT molecular complexity index is 1120. The van der Waals surface area contributed by atoms with Crippen LogP contribution in [0.4, 0.5) is 0 Å². The van der Waals surface area contributed by atoms with Crippen molar-refractivity contribution in [3.05, 3.63) is 66.0 Å². The van der Waals surface area contributed by atoms with Crippen LogP contribution in [0.5, 0.6) is 0 Å². The summed E-state index contributed by atoms with van der Waals surface area (Å²) >= 11 is 6.08. The fourth-order valence-corrected chi connectivity index (χ4v) is 3.88. The molecule has 5 rings (SSSR count). The summed E-state index contributed by atoms with van der Waals surface area (Å²) in [4.78, 5) is 18.3. The van der Waals surface area contributed by atoms with Gasteiger partial charge in [0.25, 0.3) is 0 Å². The van der Waals surface area contributed by atoms with Crippen LogP contribution in [0.1, 0.15) is 18.7 Å². The molecule has 0 atom stereocenters. The molecule has 29 heavy (non-hydrogen) atoms. The van der Waals surface area contributed by atoms with E-state index in [1.54, 1.807) is 6.20 Å². The molecule has 0 saturated carbocycles. The molecular formula is C22H20ClN5O. The SMILES string of the molecule is Clc1ccc(-n2c(-c3cnc(CC4CCOCC4)nc3)nc3ccncc32)cc1. The summed E-state index contributed by atoms with van der Waals surface area (Å²) in [7, 11) is 0. The number of rotatable bonds is 4. The van der Waals surface area contributed by atoms with Crippen LogP contribution in [0, 0.1) is 5.92 Å². The summed E-state index contributed by atoms with van der Waals surface area (Å²) in [5.41, 5.74) is 3.63. The van der Waals surface area contributed by atoms with E-state index in [0.29, 0.717) is 10.9 Å². The number of hydrogen-bond donors (Lipinski definition) is 0. The van der Waals surface area contributed by atoms with Crippen molar-refractivity contribution in [1.82, 2.24) is 24.5 Å². The maximum absolute atomic E-state index is 6.08. The van der Waals surface area contributed by atoms with Crippen molar-refractivity contribution in [3.8, 4) is 17.1 Å². The number of pyridine rings is 1. The highest BCUT2D eigenvalue weighted by Gasteiger charge is 2.18. The average molecular weight is 406 g/mol. The number of fused-ring (bicyclic) bond motifs is 1. The van der Waals surface area contributed by atoms with Crippen LogP contribution in [-0.2, 0) is 11.2 Å². The van der Waals surface area contributed by atoms with Gasteiger partial charge in [0.1, 0.15) is 11.6 Å². The number of halogens is 1. The minimum Gasteiger partial charge on any atom is -0.381 e. The molecule has 0 bridgehead atoms. The van der Waals surface area contributed by atoms with Gasteiger partial charge in [-0.25, -0.2) is 15.0 Å². The highest BCUT2D eigenvalue weighted by Crippen LogP contribution is 2.28. The standard InChI is InChI=1S/C22H20ClN5O/c23-17-1-3-18(4-2-17)28-20-14-24-8-5-19(20)27-22(28)16-12-25-21(26-13-16)11-15-6-9-29-10-7-15/h1-5,8,12-15H,6-7,9-11H2. The van der Waals surface area contributed by atoms with Crippen LogP contribution in [0.3, 0.4) is 0 Å². The van der Waals surface area contributed by atoms with Crippen LogP contribution in [0.2, 0.25) is 5.02 Å². The minimum absolute atomic E-state index is 0.597. The van der Waals surface area contributed by atoms with Crippen LogP contribution in [-0.4, -0.2) is 37.7 Å². The van der Waals surface area contributed by atoms with Gasteiger partial charge in [0, 0.05) is 48.9 Å². The summed E-state index contributed by atoms with van der Waals surface area (Å²) in [5, 5.41) is 0.693. The third kappa shape index (κ3) is 3.73. The van der Waals surface area contributed by atoms with Crippen molar-refractivity contribution >= 4 is 22.6 Å². The number of imidazole rings is 1. The Hall–Kier alpha value is -2.83. The van der Waals surface area contributed by atoms with Gasteiger partial charge in [-0.15, -0.1) is 0 Å². The van der Waals surface area contributed by atoms with E-state index >= 15 is 0 Å². The zero-order valence-electron chi connectivity index (χ0n) is 15.8. The average Bonchev–Trinajstić information content (AvgIpc) is 3.15. The number of aromatic nitrogens is 5. The number of hydrogen-bond acceptors (Lipinski definition) is 5. The first-order valence-electron chi connectivity index (χ1n) is 9.75. The van der Waals surface area contributed by atoms with Crippen molar-refractivity contribution in [1.29, 1.82) is 0 Å². The molecule has 0 spiro atoms. The first kappa shape index (κ1) is 18.2. The monoisotopic (exact) mass is 405 g/mol. The second-order valence-corrected chi connectivity index (χ2v) is 7.70. The summed E-state index contributed by atoms with van der Waals surface area (Å²) < 4.78 is 7.51. The van der Waals surface area contributed by atoms with E-state index in [2.05, 4.69) is 19.5 Å². The fraction of sp³-hybridized carbons (Fsp3) is 0.273. The van der Waals surface area contributed by atoms with Gasteiger partial charge in [-0.3, -0.25) is 9.55 Å². The predicted molar refractivity (Wildman–Crippen MR) is 112 cm³/mol. The lowest BCUT2D eigenvalue weighted by atomic mass is 9.96. The molecule has 1 aromatic carbocycles. The van der Waals surface area contributed by atoms with Crippen LogP contribution in [0.25, 0.3) is 28.1 Å². The van der Waals surface area contributed by atoms with Crippen molar-refractivity contribution in [3.63, 3.8) is 0 Å². The number of ether oxygens (including phenoxy) is 1. The summed E-state index contributed by atoms with van der Waals surface area (Å²) in [5.74, 6) is 2.25. The lowest BCUT2D eigenvalue weighted by molar-refractivity contribution is 0.0660. The van der Waals surface area contributed by atoms with Crippen molar-refractivity contribution in [2.24, 2.45) is 5.92 Å². The molecule has 1 aliphatic heterocycles. The third-order valence-corrected chi connectivity index (χ3v) is 5.57. The highest BCUT2D eigenvalue weighted by molar-refractivity contribution is 6.30. The zero-order chi connectivity index (χ0) is 19.6. The van der Waals surface area contributed by atoms with Gasteiger partial charge in [0.05, 0.1) is 22.8 Å². The first-order valence-corrected chi connectivity index (χ1v) is 10.1. The Morgan fingerprint density at radius 2 is 1.76 bits per heavy atom. The second-order valence-electron chi connectivity index (χ2n) is 7.26. The minimum atomic E-state index is 0.597. The molecular weight excluding hydrogens is 386 g/mol. The number of benzene rings is 1. The van der Waals surface area contributed by atoms with Gasteiger partial charge in [0.2, 0.25) is 0 Å². The molecule has 4 heterocycles. The third-order valence-electron chi connectivity index (χ3n) is 5.32. The molecule has 4 aromatic rings. The van der Waals surface area contributed by atoms with Gasteiger partial charge < -0.3 is 4.74 Å². The van der Waals surface area contributed by atoms with E-state index in [0.717, 1.165) is 66.4 Å². The van der Waals surface area contributed by atoms with Crippen LogP contribution in [0.15, 0.2) is 55.1 Å². The van der Waals surface area contributed by atoms with Crippen molar-refractivity contribution < 1.29 is 4.74 Å². The molecule has 0 amide bonds. The normalized spacial score (nSPS) is 15.1. The Morgan fingerprint density at radius 3 is 2.52 bits per heavy atom. The molecule has 1 fully saturated rings. The smallest absolute Gasteiger partial charge is 0.148 e. The molecule has 6 nitrogen and oxygen atoms in total. The molecule has 1 saturated heterocycles. The molecule has 3 aromatic heterocycles. The van der Waals surface area contributed by atoms with E-state index in [-0.39, 0.29) is 0 Å². The molecule has 0 radical (unpaired) electrons. The molecule has 7 heteroatoms. The summed E-state index contributed by atoms with van der Waals surface area (Å²) in [6.45, 7) is 1.67. The Kier molecular flexibility index (Phi) is 4.96. The topological polar surface area (TPSA) is 65.7 Å². The van der Waals surface area contributed by atoms with E-state index < -0.39 is 0 Å². The quantitative estimate of drug-likeness (QED) is 0.500. The molecule has 0 unspecified atom stereocenters. The first-order chi connectivity index (χ1) is 14.3.